The van der Waals surface area contributed by atoms with E-state index in [-0.39, 0.29) is 5.41 Å². The van der Waals surface area contributed by atoms with E-state index in [1.54, 1.807) is 0 Å². The average Bonchev–Trinajstić information content (AvgIpc) is 2.97. The summed E-state index contributed by atoms with van der Waals surface area (Å²) in [5, 5.41) is 0. The Hall–Kier alpha value is -3.46. The van der Waals surface area contributed by atoms with E-state index in [0.717, 1.165) is 42.6 Å². The molecule has 4 rings (SSSR count). The average molecular weight is 505 g/mol. The summed E-state index contributed by atoms with van der Waals surface area (Å²) in [5.74, 6) is 0. The highest BCUT2D eigenvalue weighted by Gasteiger charge is 2.37. The standard InChI is InChI=1S/C36H40O2/c1-35(2,26-15-16-28-37-30-31-18-7-3-8-19-31)27-17-29-38-36(32-20-9-4-10-21-32,33-22-11-5-12-23-33)34-24-13-6-14-25-34/h3-15,18-26H,16-17,27-30H2,1-2H3/b26-15-. The second-order valence-corrected chi connectivity index (χ2v) is 10.4. The normalized spacial score (nSPS) is 12.2. The molecule has 4 aromatic carbocycles. The molecular formula is C36H40O2. The summed E-state index contributed by atoms with van der Waals surface area (Å²) < 4.78 is 12.8. The van der Waals surface area contributed by atoms with E-state index in [1.807, 2.05) is 6.07 Å². The van der Waals surface area contributed by atoms with Crippen molar-refractivity contribution in [2.75, 3.05) is 13.2 Å². The van der Waals surface area contributed by atoms with Crippen molar-refractivity contribution < 1.29 is 9.47 Å². The smallest absolute Gasteiger partial charge is 0.143 e. The van der Waals surface area contributed by atoms with Crippen LogP contribution in [0.3, 0.4) is 0 Å². The Kier molecular flexibility index (Phi) is 10.1. The molecule has 0 N–H and O–H groups in total. The Labute approximate surface area is 229 Å². The second-order valence-electron chi connectivity index (χ2n) is 10.4. The number of hydrogen-bond donors (Lipinski definition) is 0. The molecule has 0 radical (unpaired) electrons. The molecule has 0 atom stereocenters. The van der Waals surface area contributed by atoms with Crippen molar-refractivity contribution in [2.24, 2.45) is 5.41 Å². The summed E-state index contributed by atoms with van der Waals surface area (Å²) in [6.45, 7) is 6.66. The van der Waals surface area contributed by atoms with Crippen LogP contribution < -0.4 is 0 Å². The zero-order valence-electron chi connectivity index (χ0n) is 22.8. The van der Waals surface area contributed by atoms with Crippen LogP contribution in [0.1, 0.15) is 55.4 Å². The minimum Gasteiger partial charge on any atom is -0.376 e. The topological polar surface area (TPSA) is 18.5 Å². The lowest BCUT2D eigenvalue weighted by Crippen LogP contribution is -2.33. The minimum atomic E-state index is -0.653. The summed E-state index contributed by atoms with van der Waals surface area (Å²) >= 11 is 0. The fraction of sp³-hybridized carbons (Fsp3) is 0.278. The van der Waals surface area contributed by atoms with Gasteiger partial charge >= 0.3 is 0 Å². The Morgan fingerprint density at radius 2 is 1.08 bits per heavy atom. The van der Waals surface area contributed by atoms with Crippen LogP contribution >= 0.6 is 0 Å². The highest BCUT2D eigenvalue weighted by molar-refractivity contribution is 5.47. The van der Waals surface area contributed by atoms with Gasteiger partial charge in [0.15, 0.2) is 0 Å². The fourth-order valence-electron chi connectivity index (χ4n) is 4.92. The van der Waals surface area contributed by atoms with E-state index in [4.69, 9.17) is 9.47 Å². The van der Waals surface area contributed by atoms with Gasteiger partial charge in [0.05, 0.1) is 13.2 Å². The molecule has 0 amide bonds. The molecule has 38 heavy (non-hydrogen) atoms. The van der Waals surface area contributed by atoms with Crippen molar-refractivity contribution in [3.63, 3.8) is 0 Å². The summed E-state index contributed by atoms with van der Waals surface area (Å²) in [5.41, 5.74) is 4.10. The van der Waals surface area contributed by atoms with Crippen LogP contribution in [0.15, 0.2) is 133 Å². The summed E-state index contributed by atoms with van der Waals surface area (Å²) in [6.07, 6.45) is 7.52. The first-order chi connectivity index (χ1) is 18.6. The van der Waals surface area contributed by atoms with E-state index in [0.29, 0.717) is 13.2 Å². The molecule has 0 spiro atoms. The lowest BCUT2D eigenvalue weighted by molar-refractivity contribution is 0.00847. The van der Waals surface area contributed by atoms with E-state index >= 15 is 0 Å². The van der Waals surface area contributed by atoms with Crippen LogP contribution in [0.5, 0.6) is 0 Å². The van der Waals surface area contributed by atoms with Crippen LogP contribution in [-0.2, 0) is 21.7 Å². The lowest BCUT2D eigenvalue weighted by Gasteiger charge is -2.36. The van der Waals surface area contributed by atoms with E-state index in [9.17, 15) is 0 Å². The maximum atomic E-state index is 6.94. The molecule has 0 saturated heterocycles. The van der Waals surface area contributed by atoms with Crippen molar-refractivity contribution in [1.29, 1.82) is 0 Å². The number of ether oxygens (including phenoxy) is 2. The van der Waals surface area contributed by atoms with Gasteiger partial charge in [0.1, 0.15) is 5.60 Å². The molecule has 0 aliphatic carbocycles. The fourth-order valence-corrected chi connectivity index (χ4v) is 4.92. The molecule has 0 aliphatic rings. The summed E-state index contributed by atoms with van der Waals surface area (Å²) in [7, 11) is 0. The third-order valence-corrected chi connectivity index (χ3v) is 6.93. The van der Waals surface area contributed by atoms with Gasteiger partial charge in [0.2, 0.25) is 0 Å². The van der Waals surface area contributed by atoms with Crippen molar-refractivity contribution in [3.8, 4) is 0 Å². The number of allylic oxidation sites excluding steroid dienone is 1. The Balaban J connectivity index is 1.37. The first-order valence-corrected chi connectivity index (χ1v) is 13.7. The lowest BCUT2D eigenvalue weighted by atomic mass is 9.80. The zero-order valence-corrected chi connectivity index (χ0v) is 22.8. The van der Waals surface area contributed by atoms with Gasteiger partial charge in [-0.3, -0.25) is 0 Å². The van der Waals surface area contributed by atoms with Gasteiger partial charge in [0, 0.05) is 6.61 Å². The predicted molar refractivity (Wildman–Crippen MR) is 158 cm³/mol. The molecule has 4 aromatic rings. The van der Waals surface area contributed by atoms with E-state index in [2.05, 4.69) is 141 Å². The van der Waals surface area contributed by atoms with Crippen LogP contribution in [-0.4, -0.2) is 13.2 Å². The van der Waals surface area contributed by atoms with Crippen LogP contribution in [0.25, 0.3) is 0 Å². The van der Waals surface area contributed by atoms with Gasteiger partial charge in [0.25, 0.3) is 0 Å². The maximum Gasteiger partial charge on any atom is 0.143 e. The summed E-state index contributed by atoms with van der Waals surface area (Å²) in [6, 6.07) is 42.1. The predicted octanol–water partition coefficient (Wildman–Crippen LogP) is 8.96. The number of hydrogen-bond acceptors (Lipinski definition) is 2. The quantitative estimate of drug-likeness (QED) is 0.0969. The van der Waals surface area contributed by atoms with Gasteiger partial charge in [-0.25, -0.2) is 0 Å². The number of benzene rings is 4. The monoisotopic (exact) mass is 504 g/mol. The molecule has 0 aliphatic heterocycles. The molecule has 0 bridgehead atoms. The number of rotatable bonds is 14. The molecule has 2 nitrogen and oxygen atoms in total. The maximum absolute atomic E-state index is 6.94. The van der Waals surface area contributed by atoms with Crippen molar-refractivity contribution in [1.82, 2.24) is 0 Å². The first-order valence-electron chi connectivity index (χ1n) is 13.7. The van der Waals surface area contributed by atoms with Gasteiger partial charge < -0.3 is 9.47 Å². The molecule has 0 fully saturated rings. The third kappa shape index (κ3) is 7.54. The first kappa shape index (κ1) is 27.6. The SMILES string of the molecule is CC(C)(/C=C\CCOCc1ccccc1)CCCOC(c1ccccc1)(c1ccccc1)c1ccccc1. The Bertz CT molecular complexity index is 1120. The molecule has 0 unspecified atom stereocenters. The van der Waals surface area contributed by atoms with Gasteiger partial charge in [-0.2, -0.15) is 0 Å². The van der Waals surface area contributed by atoms with Gasteiger partial charge in [-0.15, -0.1) is 0 Å². The molecule has 2 heteroatoms. The van der Waals surface area contributed by atoms with Crippen molar-refractivity contribution in [2.45, 2.75) is 45.3 Å². The highest BCUT2D eigenvalue weighted by Crippen LogP contribution is 2.40. The molecule has 196 valence electrons. The third-order valence-electron chi connectivity index (χ3n) is 6.93. The van der Waals surface area contributed by atoms with Gasteiger partial charge in [-0.1, -0.05) is 147 Å². The Morgan fingerprint density at radius 1 is 0.605 bits per heavy atom. The molecule has 0 aromatic heterocycles. The van der Waals surface area contributed by atoms with E-state index < -0.39 is 5.60 Å². The Morgan fingerprint density at radius 3 is 1.58 bits per heavy atom. The highest BCUT2D eigenvalue weighted by atomic mass is 16.5. The van der Waals surface area contributed by atoms with Crippen LogP contribution in [0.4, 0.5) is 0 Å². The largest absolute Gasteiger partial charge is 0.376 e. The zero-order chi connectivity index (χ0) is 26.5. The summed E-state index contributed by atoms with van der Waals surface area (Å²) in [4.78, 5) is 0. The minimum absolute atomic E-state index is 0.0949. The van der Waals surface area contributed by atoms with Crippen LogP contribution in [0, 0.1) is 5.41 Å². The molecule has 0 heterocycles. The molecule has 0 saturated carbocycles. The van der Waals surface area contributed by atoms with Crippen LogP contribution in [0.2, 0.25) is 0 Å². The van der Waals surface area contributed by atoms with Crippen molar-refractivity contribution in [3.05, 3.63) is 156 Å². The van der Waals surface area contributed by atoms with Gasteiger partial charge in [-0.05, 0) is 46.9 Å². The second kappa shape index (κ2) is 13.9. The molecular weight excluding hydrogens is 464 g/mol. The van der Waals surface area contributed by atoms with Crippen molar-refractivity contribution >= 4 is 0 Å². The van der Waals surface area contributed by atoms with E-state index in [1.165, 1.54) is 5.56 Å².